The molecule has 3 aromatic rings. The van der Waals surface area contributed by atoms with Gasteiger partial charge in [-0.2, -0.15) is 0 Å². The van der Waals surface area contributed by atoms with E-state index < -0.39 is 34.1 Å². The molecule has 9 heteroatoms. The molecule has 0 spiro atoms. The van der Waals surface area contributed by atoms with E-state index in [2.05, 4.69) is 5.32 Å². The minimum Gasteiger partial charge on any atom is -0.350 e. The Labute approximate surface area is 249 Å². The molecule has 0 radical (unpaired) electrons. The van der Waals surface area contributed by atoms with Gasteiger partial charge in [0.2, 0.25) is 11.8 Å². The fourth-order valence-electron chi connectivity index (χ4n) is 4.60. The summed E-state index contributed by atoms with van der Waals surface area (Å²) in [6.07, 6.45) is 0.348. The van der Waals surface area contributed by atoms with Crippen LogP contribution in [0.5, 0.6) is 0 Å². The number of anilines is 1. The lowest BCUT2D eigenvalue weighted by molar-refractivity contribution is -0.141. The van der Waals surface area contributed by atoms with Crippen molar-refractivity contribution in [3.63, 3.8) is 0 Å². The van der Waals surface area contributed by atoms with E-state index in [-0.39, 0.29) is 17.3 Å². The van der Waals surface area contributed by atoms with Gasteiger partial charge in [0.25, 0.3) is 10.0 Å². The Bertz CT molecular complexity index is 1500. The predicted molar refractivity (Wildman–Crippen MR) is 166 cm³/mol. The lowest BCUT2D eigenvalue weighted by atomic mass is 10.0. The van der Waals surface area contributed by atoms with Crippen LogP contribution in [0.4, 0.5) is 5.69 Å². The highest BCUT2D eigenvalue weighted by molar-refractivity contribution is 7.92. The Hall–Kier alpha value is -3.36. The van der Waals surface area contributed by atoms with Gasteiger partial charge >= 0.3 is 0 Å². The second kappa shape index (κ2) is 13.1. The quantitative estimate of drug-likeness (QED) is 0.302. The molecule has 2 amide bonds. The average Bonchev–Trinajstić information content (AvgIpc) is 2.88. The van der Waals surface area contributed by atoms with Crippen molar-refractivity contribution < 1.29 is 18.0 Å². The highest BCUT2D eigenvalue weighted by Gasteiger charge is 2.35. The van der Waals surface area contributed by atoms with Gasteiger partial charge in [-0.3, -0.25) is 13.9 Å². The van der Waals surface area contributed by atoms with Gasteiger partial charge in [0.05, 0.1) is 10.6 Å². The number of benzene rings is 3. The summed E-state index contributed by atoms with van der Waals surface area (Å²) in [5.74, 6) is -0.801. The fraction of sp³-hybridized carbons (Fsp3) is 0.375. The molecule has 1 unspecified atom stereocenters. The third-order valence-electron chi connectivity index (χ3n) is 6.72. The molecule has 7 nitrogen and oxygen atoms in total. The summed E-state index contributed by atoms with van der Waals surface area (Å²) in [6.45, 7) is 12.6. The Kier molecular flexibility index (Phi) is 10.3. The third-order valence-corrected chi connectivity index (χ3v) is 8.90. The van der Waals surface area contributed by atoms with E-state index in [0.717, 1.165) is 21.0 Å². The number of carbonyl (C=O) groups is 2. The maximum Gasteiger partial charge on any atom is 0.264 e. The summed E-state index contributed by atoms with van der Waals surface area (Å²) in [7, 11) is -4.17. The second-order valence-electron chi connectivity index (χ2n) is 11.4. The summed E-state index contributed by atoms with van der Waals surface area (Å²) in [6, 6.07) is 18.3. The van der Waals surface area contributed by atoms with E-state index in [9.17, 15) is 18.0 Å². The zero-order valence-electron chi connectivity index (χ0n) is 24.9. The monoisotopic (exact) mass is 597 g/mol. The third kappa shape index (κ3) is 8.11. The van der Waals surface area contributed by atoms with Crippen molar-refractivity contribution in [3.8, 4) is 0 Å². The van der Waals surface area contributed by atoms with Crippen molar-refractivity contribution in [1.82, 2.24) is 10.2 Å². The molecule has 0 aromatic heterocycles. The number of carbonyl (C=O) groups excluding carboxylic acids is 2. The SMILES string of the molecule is CCC(C(=O)NC(C)(C)C)N(Cc1cccc(C)c1)C(=O)CN(c1cccc(Cl)c1C)S(=O)(=O)c1ccc(C)cc1. The van der Waals surface area contributed by atoms with Crippen molar-refractivity contribution in [1.29, 1.82) is 0 Å². The number of sulfonamides is 1. The molecule has 1 N–H and O–H groups in total. The fourth-order valence-corrected chi connectivity index (χ4v) is 6.24. The van der Waals surface area contributed by atoms with Crippen LogP contribution in [0.15, 0.2) is 71.6 Å². The number of nitrogens with zero attached hydrogens (tertiary/aromatic N) is 2. The molecule has 0 fully saturated rings. The standard InChI is InChI=1S/C32H40ClN3O4S/c1-8-28(31(38)34-32(5,6)7)35(20-25-12-9-11-23(3)19-25)30(37)21-36(29-14-10-13-27(33)24(29)4)41(39,40)26-17-15-22(2)16-18-26/h9-19,28H,8,20-21H2,1-7H3,(H,34,38). The van der Waals surface area contributed by atoms with Crippen LogP contribution in [0.2, 0.25) is 5.02 Å². The highest BCUT2D eigenvalue weighted by Crippen LogP contribution is 2.31. The maximum absolute atomic E-state index is 14.2. The Balaban J connectivity index is 2.12. The molecule has 41 heavy (non-hydrogen) atoms. The van der Waals surface area contributed by atoms with Crippen LogP contribution < -0.4 is 9.62 Å². The Morgan fingerprint density at radius 1 is 0.927 bits per heavy atom. The molecule has 0 aliphatic rings. The summed E-state index contributed by atoms with van der Waals surface area (Å²) >= 11 is 6.40. The second-order valence-corrected chi connectivity index (χ2v) is 13.7. The first-order valence-electron chi connectivity index (χ1n) is 13.7. The Morgan fingerprint density at radius 2 is 1.56 bits per heavy atom. The lowest BCUT2D eigenvalue weighted by Crippen LogP contribution is -2.55. The molecule has 0 heterocycles. The highest BCUT2D eigenvalue weighted by atomic mass is 35.5. The van der Waals surface area contributed by atoms with Crippen molar-refractivity contribution in [2.75, 3.05) is 10.8 Å². The molecule has 0 aliphatic carbocycles. The van der Waals surface area contributed by atoms with Gasteiger partial charge in [0.15, 0.2) is 0 Å². The number of aryl methyl sites for hydroxylation is 2. The molecule has 1 atom stereocenters. The van der Waals surface area contributed by atoms with Gasteiger partial charge in [-0.15, -0.1) is 0 Å². The van der Waals surface area contributed by atoms with Gasteiger partial charge in [-0.05, 0) is 83.4 Å². The molecule has 3 rings (SSSR count). The smallest absolute Gasteiger partial charge is 0.264 e. The van der Waals surface area contributed by atoms with Gasteiger partial charge in [0.1, 0.15) is 12.6 Å². The largest absolute Gasteiger partial charge is 0.350 e. The summed E-state index contributed by atoms with van der Waals surface area (Å²) in [5, 5.41) is 3.36. The minimum atomic E-state index is -4.17. The van der Waals surface area contributed by atoms with Gasteiger partial charge in [-0.1, -0.05) is 72.1 Å². The molecule has 0 saturated carbocycles. The van der Waals surface area contributed by atoms with Crippen molar-refractivity contribution >= 4 is 39.1 Å². The van der Waals surface area contributed by atoms with Gasteiger partial charge < -0.3 is 10.2 Å². The zero-order valence-corrected chi connectivity index (χ0v) is 26.4. The van der Waals surface area contributed by atoms with E-state index in [1.54, 1.807) is 37.3 Å². The van der Waals surface area contributed by atoms with E-state index in [1.165, 1.54) is 17.0 Å². The van der Waals surface area contributed by atoms with Crippen LogP contribution in [-0.4, -0.2) is 43.3 Å². The minimum absolute atomic E-state index is 0.0537. The Morgan fingerprint density at radius 3 is 2.15 bits per heavy atom. The van der Waals surface area contributed by atoms with Gasteiger partial charge in [0, 0.05) is 17.1 Å². The van der Waals surface area contributed by atoms with Crippen molar-refractivity contribution in [3.05, 3.63) is 94.0 Å². The van der Waals surface area contributed by atoms with Crippen molar-refractivity contribution in [2.24, 2.45) is 0 Å². The molecular weight excluding hydrogens is 558 g/mol. The number of halogens is 1. The molecule has 0 bridgehead atoms. The van der Waals surface area contributed by atoms with Crippen LogP contribution in [0.25, 0.3) is 0 Å². The first kappa shape index (κ1) is 32.2. The maximum atomic E-state index is 14.2. The topological polar surface area (TPSA) is 86.8 Å². The molecule has 220 valence electrons. The molecule has 0 saturated heterocycles. The van der Waals surface area contributed by atoms with Crippen LogP contribution in [0, 0.1) is 20.8 Å². The van der Waals surface area contributed by atoms with E-state index in [0.29, 0.717) is 22.7 Å². The number of nitrogens with one attached hydrogen (secondary N) is 1. The number of hydrogen-bond donors (Lipinski definition) is 1. The first-order valence-corrected chi connectivity index (χ1v) is 15.5. The van der Waals surface area contributed by atoms with Crippen molar-refractivity contribution in [2.45, 2.75) is 77.9 Å². The van der Waals surface area contributed by atoms with Crippen LogP contribution in [-0.2, 0) is 26.2 Å². The summed E-state index contributed by atoms with van der Waals surface area (Å²) in [4.78, 5) is 29.2. The van der Waals surface area contributed by atoms with Crippen LogP contribution in [0.3, 0.4) is 0 Å². The molecule has 3 aromatic carbocycles. The van der Waals surface area contributed by atoms with Crippen LogP contribution >= 0.6 is 11.6 Å². The average molecular weight is 598 g/mol. The van der Waals surface area contributed by atoms with Gasteiger partial charge in [-0.25, -0.2) is 8.42 Å². The molecular formula is C32H40ClN3O4S. The normalized spacial score (nSPS) is 12.5. The van der Waals surface area contributed by atoms with E-state index in [1.807, 2.05) is 65.8 Å². The number of amides is 2. The predicted octanol–water partition coefficient (Wildman–Crippen LogP) is 6.18. The number of rotatable bonds is 10. The van der Waals surface area contributed by atoms with E-state index in [4.69, 9.17) is 11.6 Å². The van der Waals surface area contributed by atoms with Crippen LogP contribution in [0.1, 0.15) is 56.4 Å². The van der Waals surface area contributed by atoms with E-state index >= 15 is 0 Å². The summed E-state index contributed by atoms with van der Waals surface area (Å²) in [5.41, 5.74) is 3.08. The summed E-state index contributed by atoms with van der Waals surface area (Å²) < 4.78 is 29.2. The number of hydrogen-bond acceptors (Lipinski definition) is 4. The lowest BCUT2D eigenvalue weighted by Gasteiger charge is -2.35. The first-order chi connectivity index (χ1) is 19.1. The zero-order chi connectivity index (χ0) is 30.5. The molecule has 0 aliphatic heterocycles.